The van der Waals surface area contributed by atoms with Crippen LogP contribution in [0.5, 0.6) is 0 Å². The molecule has 1 saturated heterocycles. The second-order valence-corrected chi connectivity index (χ2v) is 11.1. The zero-order valence-corrected chi connectivity index (χ0v) is 23.4. The van der Waals surface area contributed by atoms with E-state index in [9.17, 15) is 14.0 Å². The normalized spacial score (nSPS) is 21.1. The van der Waals surface area contributed by atoms with Gasteiger partial charge in [0.1, 0.15) is 5.82 Å². The van der Waals surface area contributed by atoms with Crippen molar-refractivity contribution < 1.29 is 18.7 Å². The average Bonchev–Trinajstić information content (AvgIpc) is 3.71. The number of ether oxygens (including phenoxy) is 1. The lowest BCUT2D eigenvalue weighted by atomic mass is 9.91. The van der Waals surface area contributed by atoms with Crippen molar-refractivity contribution in [1.29, 1.82) is 0 Å². The third kappa shape index (κ3) is 7.05. The number of nitrogens with one attached hydrogen (secondary N) is 5. The first kappa shape index (κ1) is 28.1. The van der Waals surface area contributed by atoms with Gasteiger partial charge in [-0.2, -0.15) is 0 Å². The Balaban J connectivity index is 1.06. The maximum Gasteiger partial charge on any atom is 0.315 e. The highest BCUT2D eigenvalue weighted by Crippen LogP contribution is 2.30. The highest BCUT2D eigenvalue weighted by molar-refractivity contribution is 6.03. The van der Waals surface area contributed by atoms with E-state index in [4.69, 9.17) is 4.74 Å². The van der Waals surface area contributed by atoms with Gasteiger partial charge in [0.2, 0.25) is 0 Å². The molecule has 1 aliphatic heterocycles. The molecule has 3 fully saturated rings. The number of nitrogens with zero attached hydrogens (tertiary/aromatic N) is 5. The summed E-state index contributed by atoms with van der Waals surface area (Å²) < 4.78 is 21.0. The summed E-state index contributed by atoms with van der Waals surface area (Å²) in [5, 5.41) is 20.4. The molecule has 0 unspecified atom stereocenters. The molecule has 14 heteroatoms. The van der Waals surface area contributed by atoms with Crippen LogP contribution in [0.15, 0.2) is 30.7 Å². The van der Waals surface area contributed by atoms with Crippen LogP contribution in [0.25, 0.3) is 5.65 Å². The second kappa shape index (κ2) is 12.9. The molecule has 0 bridgehead atoms. The van der Waals surface area contributed by atoms with E-state index in [1.807, 2.05) is 6.07 Å². The van der Waals surface area contributed by atoms with Crippen LogP contribution in [0.1, 0.15) is 49.0 Å². The number of rotatable bonds is 10. The standard InChI is InChI=1S/C28H37FN10O3/c29-21-16-30-8-7-22(21)36-27(40)24-17-32-26-23(33-18-1-2-18)15-25(37-39(24)26)34-19-3-5-20(6-4-19)35-28(41)31-9-10-38-11-13-42-14-12-38/h7-8,15-20,33H,1-6,9-14H2,(H,34,37)(H,30,36,40)(H2,31,35,41). The van der Waals surface area contributed by atoms with Crippen molar-refractivity contribution >= 4 is 34.8 Å². The molecule has 0 spiro atoms. The summed E-state index contributed by atoms with van der Waals surface area (Å²) in [6.45, 7) is 4.74. The molecular formula is C28H37FN10O3. The molecule has 4 heterocycles. The van der Waals surface area contributed by atoms with Gasteiger partial charge in [0.05, 0.1) is 37.0 Å². The third-order valence-electron chi connectivity index (χ3n) is 7.89. The quantitative estimate of drug-likeness (QED) is 0.244. The monoisotopic (exact) mass is 580 g/mol. The smallest absolute Gasteiger partial charge is 0.315 e. The fourth-order valence-corrected chi connectivity index (χ4v) is 5.39. The average molecular weight is 581 g/mol. The number of pyridine rings is 1. The molecule has 2 aliphatic carbocycles. The molecule has 5 N–H and O–H groups in total. The van der Waals surface area contributed by atoms with Gasteiger partial charge < -0.3 is 31.3 Å². The molecule has 2 saturated carbocycles. The lowest BCUT2D eigenvalue weighted by molar-refractivity contribution is 0.0387. The second-order valence-electron chi connectivity index (χ2n) is 11.1. The van der Waals surface area contributed by atoms with Crippen molar-refractivity contribution in [2.75, 3.05) is 55.3 Å². The number of fused-ring (bicyclic) bond motifs is 1. The highest BCUT2D eigenvalue weighted by atomic mass is 19.1. The predicted molar refractivity (Wildman–Crippen MR) is 155 cm³/mol. The zero-order valence-electron chi connectivity index (χ0n) is 23.4. The summed E-state index contributed by atoms with van der Waals surface area (Å²) in [7, 11) is 0. The van der Waals surface area contributed by atoms with E-state index in [1.165, 1.54) is 23.0 Å². The number of anilines is 3. The number of halogens is 1. The van der Waals surface area contributed by atoms with Crippen LogP contribution in [0.2, 0.25) is 0 Å². The fourth-order valence-electron chi connectivity index (χ4n) is 5.39. The SMILES string of the molecule is O=C(NCCN1CCOCC1)NC1CCC(Nc2cc(NC3CC3)c3ncc(C(=O)Nc4ccncc4F)n3n2)CC1. The van der Waals surface area contributed by atoms with Gasteiger partial charge in [-0.05, 0) is 44.6 Å². The Morgan fingerprint density at radius 3 is 2.48 bits per heavy atom. The first-order chi connectivity index (χ1) is 20.5. The molecular weight excluding hydrogens is 543 g/mol. The number of carbonyl (C=O) groups is 2. The minimum absolute atomic E-state index is 0.0340. The van der Waals surface area contributed by atoms with Crippen LogP contribution in [0.3, 0.4) is 0 Å². The molecule has 0 atom stereocenters. The largest absolute Gasteiger partial charge is 0.379 e. The number of aromatic nitrogens is 4. The van der Waals surface area contributed by atoms with Crippen LogP contribution in [0, 0.1) is 5.82 Å². The van der Waals surface area contributed by atoms with E-state index in [2.05, 4.69) is 46.6 Å². The molecule has 3 aromatic rings. The summed E-state index contributed by atoms with van der Waals surface area (Å²) in [6, 6.07) is 3.85. The minimum Gasteiger partial charge on any atom is -0.379 e. The van der Waals surface area contributed by atoms with Gasteiger partial charge in [-0.15, -0.1) is 5.10 Å². The number of hydrogen-bond donors (Lipinski definition) is 5. The number of hydrogen-bond acceptors (Lipinski definition) is 9. The number of carbonyl (C=O) groups excluding carboxylic acids is 2. The first-order valence-corrected chi connectivity index (χ1v) is 14.7. The van der Waals surface area contributed by atoms with E-state index >= 15 is 0 Å². The Morgan fingerprint density at radius 2 is 1.71 bits per heavy atom. The Morgan fingerprint density at radius 1 is 0.976 bits per heavy atom. The lowest BCUT2D eigenvalue weighted by Gasteiger charge is -2.30. The number of morpholine rings is 1. The molecule has 3 amide bonds. The minimum atomic E-state index is -0.623. The van der Waals surface area contributed by atoms with Gasteiger partial charge in [-0.1, -0.05) is 0 Å². The van der Waals surface area contributed by atoms with Gasteiger partial charge in [0, 0.05) is 56.6 Å². The van der Waals surface area contributed by atoms with Crippen molar-refractivity contribution in [1.82, 2.24) is 35.1 Å². The van der Waals surface area contributed by atoms with Gasteiger partial charge >= 0.3 is 6.03 Å². The Bertz CT molecular complexity index is 1400. The van der Waals surface area contributed by atoms with Crippen molar-refractivity contribution in [3.63, 3.8) is 0 Å². The van der Waals surface area contributed by atoms with E-state index in [-0.39, 0.29) is 29.5 Å². The summed E-state index contributed by atoms with van der Waals surface area (Å²) in [5.41, 5.74) is 1.54. The van der Waals surface area contributed by atoms with E-state index < -0.39 is 11.7 Å². The summed E-state index contributed by atoms with van der Waals surface area (Å²) in [5.74, 6) is -0.531. The van der Waals surface area contributed by atoms with Crippen LogP contribution >= 0.6 is 0 Å². The molecule has 3 aliphatic rings. The fraction of sp³-hybridized carbons (Fsp3) is 0.536. The number of imidazole rings is 1. The van der Waals surface area contributed by atoms with Crippen molar-refractivity contribution in [3.8, 4) is 0 Å². The van der Waals surface area contributed by atoms with Gasteiger partial charge in [-0.3, -0.25) is 14.7 Å². The Hall–Kier alpha value is -4.04. The molecule has 224 valence electrons. The van der Waals surface area contributed by atoms with Gasteiger partial charge in [-0.25, -0.2) is 18.7 Å². The van der Waals surface area contributed by atoms with Crippen LogP contribution in [-0.4, -0.2) is 93.9 Å². The topological polar surface area (TPSA) is 150 Å². The Labute approximate surface area is 243 Å². The molecule has 0 aromatic carbocycles. The number of urea groups is 1. The molecule has 6 rings (SSSR count). The van der Waals surface area contributed by atoms with Gasteiger partial charge in [0.15, 0.2) is 17.2 Å². The first-order valence-electron chi connectivity index (χ1n) is 14.7. The van der Waals surface area contributed by atoms with Crippen LogP contribution in [-0.2, 0) is 4.74 Å². The van der Waals surface area contributed by atoms with E-state index in [0.29, 0.717) is 24.1 Å². The Kier molecular flexibility index (Phi) is 8.60. The molecule has 3 aromatic heterocycles. The third-order valence-corrected chi connectivity index (χ3v) is 7.89. The molecule has 13 nitrogen and oxygen atoms in total. The van der Waals surface area contributed by atoms with E-state index in [1.54, 1.807) is 0 Å². The van der Waals surface area contributed by atoms with Crippen molar-refractivity contribution in [2.45, 2.75) is 56.7 Å². The van der Waals surface area contributed by atoms with Gasteiger partial charge in [0.25, 0.3) is 5.91 Å². The zero-order chi connectivity index (χ0) is 28.9. The van der Waals surface area contributed by atoms with Crippen LogP contribution in [0.4, 0.5) is 26.4 Å². The predicted octanol–water partition coefficient (Wildman–Crippen LogP) is 2.44. The maximum atomic E-state index is 14.1. The summed E-state index contributed by atoms with van der Waals surface area (Å²) in [6.07, 6.45) is 9.47. The number of amides is 3. The van der Waals surface area contributed by atoms with E-state index in [0.717, 1.165) is 83.3 Å². The van der Waals surface area contributed by atoms with Crippen molar-refractivity contribution in [2.24, 2.45) is 0 Å². The lowest BCUT2D eigenvalue weighted by Crippen LogP contribution is -2.47. The molecule has 42 heavy (non-hydrogen) atoms. The van der Waals surface area contributed by atoms with Crippen molar-refractivity contribution in [3.05, 3.63) is 42.2 Å². The van der Waals surface area contributed by atoms with Crippen LogP contribution < -0.4 is 26.6 Å². The summed E-state index contributed by atoms with van der Waals surface area (Å²) >= 11 is 0. The highest BCUT2D eigenvalue weighted by Gasteiger charge is 2.26. The summed E-state index contributed by atoms with van der Waals surface area (Å²) in [4.78, 5) is 35.9. The maximum absolute atomic E-state index is 14.1. The molecule has 0 radical (unpaired) electrons.